The van der Waals surface area contributed by atoms with Crippen molar-refractivity contribution in [3.63, 3.8) is 0 Å². The smallest absolute Gasteiger partial charge is 0.333 e. The van der Waals surface area contributed by atoms with E-state index in [2.05, 4.69) is 10.2 Å². The third-order valence-corrected chi connectivity index (χ3v) is 5.82. The Bertz CT molecular complexity index is 924. The minimum atomic E-state index is -4.03. The Labute approximate surface area is 158 Å². The molecule has 1 heterocycles. The number of hydrogen-bond donors (Lipinski definition) is 2. The van der Waals surface area contributed by atoms with Gasteiger partial charge in [-0.1, -0.05) is 17.7 Å². The number of piperidine rings is 1. The lowest BCUT2D eigenvalue weighted by Gasteiger charge is -2.29. The zero-order valence-corrected chi connectivity index (χ0v) is 15.9. The SMILES string of the molecule is Cc1ccc(S(=O)(=O)NC(=O)Nc2cc(N3CCCCC3)ccc2F)cc1. The third kappa shape index (κ3) is 4.77. The van der Waals surface area contributed by atoms with Crippen LogP contribution in [0.25, 0.3) is 0 Å². The van der Waals surface area contributed by atoms with Gasteiger partial charge in [-0.25, -0.2) is 22.3 Å². The van der Waals surface area contributed by atoms with Gasteiger partial charge in [0, 0.05) is 18.8 Å². The molecular weight excluding hydrogens is 369 g/mol. The van der Waals surface area contributed by atoms with Crippen molar-refractivity contribution in [1.29, 1.82) is 0 Å². The van der Waals surface area contributed by atoms with Gasteiger partial charge in [0.2, 0.25) is 0 Å². The van der Waals surface area contributed by atoms with Gasteiger partial charge in [-0.2, -0.15) is 0 Å². The standard InChI is InChI=1S/C19H22FN3O3S/c1-14-5-8-16(9-6-14)27(25,26)22-19(24)21-18-13-15(7-10-17(18)20)23-11-3-2-4-12-23/h5-10,13H,2-4,11-12H2,1H3,(H2,21,22,24). The average Bonchev–Trinajstić information content (AvgIpc) is 2.64. The molecule has 1 aliphatic rings. The van der Waals surface area contributed by atoms with Crippen LogP contribution in [0.3, 0.4) is 0 Å². The molecule has 0 saturated carbocycles. The number of carbonyl (C=O) groups is 1. The van der Waals surface area contributed by atoms with Crippen molar-refractivity contribution in [2.45, 2.75) is 31.1 Å². The highest BCUT2D eigenvalue weighted by atomic mass is 32.2. The molecule has 6 nitrogen and oxygen atoms in total. The second-order valence-corrected chi connectivity index (χ2v) is 8.27. The first-order valence-electron chi connectivity index (χ1n) is 8.80. The number of carbonyl (C=O) groups excluding carboxylic acids is 1. The Morgan fingerprint density at radius 2 is 1.70 bits per heavy atom. The highest BCUT2D eigenvalue weighted by molar-refractivity contribution is 7.90. The summed E-state index contributed by atoms with van der Waals surface area (Å²) in [6.45, 7) is 3.58. The van der Waals surface area contributed by atoms with Crippen LogP contribution in [0.4, 0.5) is 20.6 Å². The van der Waals surface area contributed by atoms with Crippen LogP contribution in [0.1, 0.15) is 24.8 Å². The van der Waals surface area contributed by atoms with Gasteiger partial charge < -0.3 is 10.2 Å². The monoisotopic (exact) mass is 391 g/mol. The number of anilines is 2. The Morgan fingerprint density at radius 1 is 1.04 bits per heavy atom. The van der Waals surface area contributed by atoms with E-state index in [9.17, 15) is 17.6 Å². The minimum Gasteiger partial charge on any atom is -0.371 e. The van der Waals surface area contributed by atoms with E-state index in [0.717, 1.165) is 37.2 Å². The summed E-state index contributed by atoms with van der Waals surface area (Å²) >= 11 is 0. The molecule has 27 heavy (non-hydrogen) atoms. The number of aryl methyl sites for hydroxylation is 1. The van der Waals surface area contributed by atoms with Crippen molar-refractivity contribution in [3.05, 3.63) is 53.8 Å². The fourth-order valence-electron chi connectivity index (χ4n) is 3.00. The molecule has 0 bridgehead atoms. The van der Waals surface area contributed by atoms with Crippen LogP contribution in [0.5, 0.6) is 0 Å². The van der Waals surface area contributed by atoms with E-state index >= 15 is 0 Å². The number of benzene rings is 2. The molecule has 8 heteroatoms. The van der Waals surface area contributed by atoms with E-state index < -0.39 is 21.9 Å². The number of rotatable bonds is 4. The summed E-state index contributed by atoms with van der Waals surface area (Å²) < 4.78 is 40.5. The van der Waals surface area contributed by atoms with Crippen molar-refractivity contribution in [2.75, 3.05) is 23.3 Å². The second kappa shape index (κ2) is 7.96. The zero-order valence-electron chi connectivity index (χ0n) is 15.0. The quantitative estimate of drug-likeness (QED) is 0.834. The molecule has 2 N–H and O–H groups in total. The minimum absolute atomic E-state index is 0.0363. The molecule has 0 atom stereocenters. The average molecular weight is 391 g/mol. The van der Waals surface area contributed by atoms with Crippen LogP contribution in [-0.4, -0.2) is 27.5 Å². The molecule has 2 aromatic carbocycles. The Kier molecular flexibility index (Phi) is 5.65. The van der Waals surface area contributed by atoms with Gasteiger partial charge in [0.25, 0.3) is 10.0 Å². The van der Waals surface area contributed by atoms with E-state index in [1.54, 1.807) is 18.2 Å². The predicted molar refractivity (Wildman–Crippen MR) is 103 cm³/mol. The van der Waals surface area contributed by atoms with Crippen LogP contribution in [-0.2, 0) is 10.0 Å². The number of nitrogens with zero attached hydrogens (tertiary/aromatic N) is 1. The van der Waals surface area contributed by atoms with Crippen LogP contribution >= 0.6 is 0 Å². The molecule has 0 unspecified atom stereocenters. The first kappa shape index (κ1) is 19.2. The molecule has 0 aliphatic carbocycles. The van der Waals surface area contributed by atoms with Gasteiger partial charge in [0.1, 0.15) is 5.82 Å². The number of hydrogen-bond acceptors (Lipinski definition) is 4. The second-order valence-electron chi connectivity index (χ2n) is 6.58. The molecule has 2 amide bonds. The maximum atomic E-state index is 14.1. The van der Waals surface area contributed by atoms with Crippen LogP contribution in [0, 0.1) is 12.7 Å². The Balaban J connectivity index is 1.72. The molecule has 1 fully saturated rings. The van der Waals surface area contributed by atoms with Crippen molar-refractivity contribution in [1.82, 2.24) is 4.72 Å². The fraction of sp³-hybridized carbons (Fsp3) is 0.316. The maximum absolute atomic E-state index is 14.1. The normalized spacial score (nSPS) is 14.7. The fourth-order valence-corrected chi connectivity index (χ4v) is 3.91. The molecule has 0 aromatic heterocycles. The summed E-state index contributed by atoms with van der Waals surface area (Å²) in [5.41, 5.74) is 1.64. The van der Waals surface area contributed by atoms with E-state index in [4.69, 9.17) is 0 Å². The van der Waals surface area contributed by atoms with Crippen molar-refractivity contribution >= 4 is 27.4 Å². The van der Waals surface area contributed by atoms with Gasteiger partial charge in [-0.05, 0) is 56.5 Å². The van der Waals surface area contributed by atoms with E-state index in [0.29, 0.717) is 0 Å². The van der Waals surface area contributed by atoms with Crippen LogP contribution in [0.15, 0.2) is 47.4 Å². The zero-order chi connectivity index (χ0) is 19.4. The van der Waals surface area contributed by atoms with Gasteiger partial charge in [0.05, 0.1) is 10.6 Å². The summed E-state index contributed by atoms with van der Waals surface area (Å²) in [6, 6.07) is 9.53. The van der Waals surface area contributed by atoms with Gasteiger partial charge in [-0.3, -0.25) is 0 Å². The highest BCUT2D eigenvalue weighted by Crippen LogP contribution is 2.25. The topological polar surface area (TPSA) is 78.5 Å². The first-order valence-corrected chi connectivity index (χ1v) is 10.3. The summed E-state index contributed by atoms with van der Waals surface area (Å²) in [6.07, 6.45) is 3.30. The largest absolute Gasteiger partial charge is 0.371 e. The number of sulfonamides is 1. The lowest BCUT2D eigenvalue weighted by atomic mass is 10.1. The molecule has 2 aromatic rings. The van der Waals surface area contributed by atoms with Gasteiger partial charge in [-0.15, -0.1) is 0 Å². The molecule has 1 aliphatic heterocycles. The summed E-state index contributed by atoms with van der Waals surface area (Å²) in [5, 5.41) is 2.30. The molecular formula is C19H22FN3O3S. The van der Waals surface area contributed by atoms with Crippen molar-refractivity contribution in [3.8, 4) is 0 Å². The summed E-state index contributed by atoms with van der Waals surface area (Å²) in [7, 11) is -4.03. The third-order valence-electron chi connectivity index (χ3n) is 4.48. The predicted octanol–water partition coefficient (Wildman–Crippen LogP) is 3.63. The highest BCUT2D eigenvalue weighted by Gasteiger charge is 2.19. The van der Waals surface area contributed by atoms with Crippen LogP contribution in [0.2, 0.25) is 0 Å². The molecule has 0 spiro atoms. The van der Waals surface area contributed by atoms with E-state index in [1.165, 1.54) is 30.7 Å². The number of halogens is 1. The molecule has 0 radical (unpaired) electrons. The summed E-state index contributed by atoms with van der Waals surface area (Å²) in [5.74, 6) is -0.626. The Morgan fingerprint density at radius 3 is 2.37 bits per heavy atom. The summed E-state index contributed by atoms with van der Waals surface area (Å²) in [4.78, 5) is 14.2. The van der Waals surface area contributed by atoms with Crippen molar-refractivity contribution < 1.29 is 17.6 Å². The maximum Gasteiger partial charge on any atom is 0.333 e. The molecule has 144 valence electrons. The van der Waals surface area contributed by atoms with E-state index in [1.807, 2.05) is 11.6 Å². The molecule has 3 rings (SSSR count). The Hall–Kier alpha value is -2.61. The first-order chi connectivity index (χ1) is 12.8. The number of nitrogens with one attached hydrogen (secondary N) is 2. The van der Waals surface area contributed by atoms with Gasteiger partial charge >= 0.3 is 6.03 Å². The van der Waals surface area contributed by atoms with Crippen LogP contribution < -0.4 is 14.9 Å². The number of amides is 2. The lowest BCUT2D eigenvalue weighted by Crippen LogP contribution is -2.34. The molecule has 1 saturated heterocycles. The van der Waals surface area contributed by atoms with Crippen molar-refractivity contribution in [2.24, 2.45) is 0 Å². The van der Waals surface area contributed by atoms with Gasteiger partial charge in [0.15, 0.2) is 0 Å². The lowest BCUT2D eigenvalue weighted by molar-refractivity contribution is 0.256. The number of urea groups is 1. The van der Waals surface area contributed by atoms with E-state index in [-0.39, 0.29) is 10.6 Å².